The number of thioether (sulfide) groups is 1. The van der Waals surface area contributed by atoms with Crippen LogP contribution in [0, 0.1) is 0 Å². The minimum Gasteiger partial charge on any atom is -0.476 e. The third-order valence-corrected chi connectivity index (χ3v) is 3.73. The molecule has 0 amide bonds. The zero-order valence-electron chi connectivity index (χ0n) is 11.3. The van der Waals surface area contributed by atoms with Gasteiger partial charge >= 0.3 is 5.97 Å². The predicted molar refractivity (Wildman–Crippen MR) is 79.9 cm³/mol. The Morgan fingerprint density at radius 3 is 2.55 bits per heavy atom. The number of carboxylic acids is 1. The Labute approximate surface area is 130 Å². The maximum absolute atomic E-state index is 11.3. The standard InChI is InChI=1S/C14H11N5O2S/c20-13(21)12-11(9-22-14-15-7-4-8-16-14)19(18-17-12)10-5-2-1-3-6-10/h1-8H,9H2,(H,20,21). The van der Waals surface area contributed by atoms with Crippen LogP contribution in [0.4, 0.5) is 0 Å². The van der Waals surface area contributed by atoms with Gasteiger partial charge < -0.3 is 5.11 Å². The maximum Gasteiger partial charge on any atom is 0.358 e. The molecule has 8 heteroatoms. The molecule has 1 N–H and O–H groups in total. The number of aromatic carboxylic acids is 1. The Kier molecular flexibility index (Phi) is 4.10. The van der Waals surface area contributed by atoms with Gasteiger partial charge in [0.2, 0.25) is 0 Å². The largest absolute Gasteiger partial charge is 0.476 e. The molecule has 0 aliphatic carbocycles. The molecule has 0 unspecified atom stereocenters. The number of aromatic nitrogens is 5. The van der Waals surface area contributed by atoms with Crippen LogP contribution in [0.2, 0.25) is 0 Å². The van der Waals surface area contributed by atoms with Crippen molar-refractivity contribution in [2.24, 2.45) is 0 Å². The highest BCUT2D eigenvalue weighted by molar-refractivity contribution is 7.98. The van der Waals surface area contributed by atoms with Gasteiger partial charge in [0.15, 0.2) is 10.9 Å². The number of para-hydroxylation sites is 1. The van der Waals surface area contributed by atoms with Gasteiger partial charge in [0.05, 0.1) is 11.4 Å². The Hall–Kier alpha value is -2.74. The molecular formula is C14H11N5O2S. The fraction of sp³-hybridized carbons (Fsp3) is 0.0714. The Morgan fingerprint density at radius 1 is 1.14 bits per heavy atom. The van der Waals surface area contributed by atoms with Crippen LogP contribution < -0.4 is 0 Å². The van der Waals surface area contributed by atoms with Crippen molar-refractivity contribution in [2.45, 2.75) is 10.9 Å². The van der Waals surface area contributed by atoms with E-state index in [1.807, 2.05) is 30.3 Å². The first-order valence-corrected chi connectivity index (χ1v) is 7.37. The van der Waals surface area contributed by atoms with E-state index in [0.717, 1.165) is 5.69 Å². The van der Waals surface area contributed by atoms with E-state index in [1.54, 1.807) is 18.5 Å². The quantitative estimate of drug-likeness (QED) is 0.569. The summed E-state index contributed by atoms with van der Waals surface area (Å²) in [5, 5.41) is 17.6. The number of hydrogen-bond acceptors (Lipinski definition) is 6. The molecule has 0 atom stereocenters. The van der Waals surface area contributed by atoms with E-state index in [0.29, 0.717) is 16.6 Å². The first-order valence-electron chi connectivity index (χ1n) is 6.39. The molecule has 2 heterocycles. The lowest BCUT2D eigenvalue weighted by molar-refractivity contribution is 0.0689. The molecule has 0 saturated heterocycles. The highest BCUT2D eigenvalue weighted by Gasteiger charge is 2.20. The van der Waals surface area contributed by atoms with E-state index in [9.17, 15) is 9.90 Å². The summed E-state index contributed by atoms with van der Waals surface area (Å²) in [7, 11) is 0. The fourth-order valence-corrected chi connectivity index (χ4v) is 2.66. The minimum atomic E-state index is -1.10. The van der Waals surface area contributed by atoms with Crippen LogP contribution in [0.3, 0.4) is 0 Å². The topological polar surface area (TPSA) is 93.8 Å². The van der Waals surface area contributed by atoms with E-state index in [1.165, 1.54) is 16.4 Å². The van der Waals surface area contributed by atoms with Crippen LogP contribution in [-0.2, 0) is 5.75 Å². The van der Waals surface area contributed by atoms with E-state index < -0.39 is 5.97 Å². The lowest BCUT2D eigenvalue weighted by atomic mass is 10.3. The van der Waals surface area contributed by atoms with Gasteiger partial charge in [0.25, 0.3) is 0 Å². The number of hydrogen-bond donors (Lipinski definition) is 1. The van der Waals surface area contributed by atoms with Gasteiger partial charge in [-0.25, -0.2) is 19.4 Å². The summed E-state index contributed by atoms with van der Waals surface area (Å²) in [6.07, 6.45) is 3.28. The smallest absolute Gasteiger partial charge is 0.358 e. The second kappa shape index (κ2) is 6.35. The molecule has 1 aromatic carbocycles. The van der Waals surface area contributed by atoms with E-state index >= 15 is 0 Å². The van der Waals surface area contributed by atoms with Crippen molar-refractivity contribution in [3.63, 3.8) is 0 Å². The van der Waals surface area contributed by atoms with Crippen molar-refractivity contribution in [3.05, 3.63) is 60.2 Å². The van der Waals surface area contributed by atoms with Crippen LogP contribution >= 0.6 is 11.8 Å². The maximum atomic E-state index is 11.3. The number of carbonyl (C=O) groups is 1. The minimum absolute atomic E-state index is 0.0627. The molecule has 110 valence electrons. The van der Waals surface area contributed by atoms with Crippen LogP contribution in [0.1, 0.15) is 16.2 Å². The van der Waals surface area contributed by atoms with E-state index in [-0.39, 0.29) is 5.69 Å². The first kappa shape index (κ1) is 14.2. The van der Waals surface area contributed by atoms with Crippen molar-refractivity contribution in [1.29, 1.82) is 0 Å². The summed E-state index contributed by atoms with van der Waals surface area (Å²) < 4.78 is 1.53. The first-order chi connectivity index (χ1) is 10.8. The van der Waals surface area contributed by atoms with Crippen molar-refractivity contribution >= 4 is 17.7 Å². The molecule has 0 fully saturated rings. The van der Waals surface area contributed by atoms with Gasteiger partial charge in [0, 0.05) is 18.1 Å². The average Bonchev–Trinajstić information content (AvgIpc) is 2.99. The number of benzene rings is 1. The highest BCUT2D eigenvalue weighted by atomic mass is 32.2. The van der Waals surface area contributed by atoms with Crippen molar-refractivity contribution in [1.82, 2.24) is 25.0 Å². The van der Waals surface area contributed by atoms with Gasteiger partial charge in [-0.2, -0.15) is 0 Å². The molecule has 0 aliphatic heterocycles. The molecule has 22 heavy (non-hydrogen) atoms. The number of rotatable bonds is 5. The Morgan fingerprint density at radius 2 is 1.86 bits per heavy atom. The van der Waals surface area contributed by atoms with Gasteiger partial charge in [-0.1, -0.05) is 35.2 Å². The van der Waals surface area contributed by atoms with Crippen LogP contribution in [-0.4, -0.2) is 36.0 Å². The molecule has 0 aliphatic rings. The Balaban J connectivity index is 1.94. The van der Waals surface area contributed by atoms with E-state index in [2.05, 4.69) is 20.3 Å². The fourth-order valence-electron chi connectivity index (χ4n) is 1.87. The van der Waals surface area contributed by atoms with Crippen LogP contribution in [0.25, 0.3) is 5.69 Å². The summed E-state index contributed by atoms with van der Waals surface area (Å²) in [4.78, 5) is 19.5. The summed E-state index contributed by atoms with van der Waals surface area (Å²) in [5.74, 6) is -0.750. The molecule has 0 spiro atoms. The monoisotopic (exact) mass is 313 g/mol. The second-order valence-corrected chi connectivity index (χ2v) is 5.20. The SMILES string of the molecule is O=C(O)c1nnn(-c2ccccc2)c1CSc1ncccn1. The Bertz CT molecular complexity index is 776. The third kappa shape index (κ3) is 2.96. The van der Waals surface area contributed by atoms with Crippen LogP contribution in [0.5, 0.6) is 0 Å². The van der Waals surface area contributed by atoms with Crippen molar-refractivity contribution in [3.8, 4) is 5.69 Å². The van der Waals surface area contributed by atoms with Gasteiger partial charge in [-0.05, 0) is 18.2 Å². The zero-order valence-corrected chi connectivity index (χ0v) is 12.1. The highest BCUT2D eigenvalue weighted by Crippen LogP contribution is 2.22. The summed E-state index contributed by atoms with van der Waals surface area (Å²) in [6, 6.07) is 11.0. The molecule has 0 radical (unpaired) electrons. The predicted octanol–water partition coefficient (Wildman–Crippen LogP) is 2.05. The lowest BCUT2D eigenvalue weighted by Crippen LogP contribution is -2.06. The molecule has 3 rings (SSSR count). The van der Waals surface area contributed by atoms with Crippen LogP contribution in [0.15, 0.2) is 53.9 Å². The summed E-state index contributed by atoms with van der Waals surface area (Å²) in [6.45, 7) is 0. The average molecular weight is 313 g/mol. The number of carboxylic acid groups (broad SMARTS) is 1. The second-order valence-electron chi connectivity index (χ2n) is 4.26. The normalized spacial score (nSPS) is 10.5. The summed E-state index contributed by atoms with van der Waals surface area (Å²) in [5.41, 5.74) is 1.19. The molecular weight excluding hydrogens is 302 g/mol. The molecule has 7 nitrogen and oxygen atoms in total. The molecule has 0 bridgehead atoms. The van der Waals surface area contributed by atoms with Gasteiger partial charge in [0.1, 0.15) is 0 Å². The van der Waals surface area contributed by atoms with Crippen molar-refractivity contribution < 1.29 is 9.90 Å². The molecule has 3 aromatic rings. The van der Waals surface area contributed by atoms with E-state index in [4.69, 9.17) is 0 Å². The van der Waals surface area contributed by atoms with Gasteiger partial charge in [-0.15, -0.1) is 5.10 Å². The summed E-state index contributed by atoms with van der Waals surface area (Å²) >= 11 is 1.33. The third-order valence-electron chi connectivity index (χ3n) is 2.85. The van der Waals surface area contributed by atoms with Gasteiger partial charge in [-0.3, -0.25) is 0 Å². The molecule has 2 aromatic heterocycles. The molecule has 0 saturated carbocycles. The number of nitrogens with zero attached hydrogens (tertiary/aromatic N) is 5. The lowest BCUT2D eigenvalue weighted by Gasteiger charge is -2.06. The van der Waals surface area contributed by atoms with Crippen molar-refractivity contribution in [2.75, 3.05) is 0 Å². The zero-order chi connectivity index (χ0) is 15.4.